The Morgan fingerprint density at radius 3 is 2.35 bits per heavy atom. The molecule has 0 saturated carbocycles. The molecular weight excluding hydrogens is 300 g/mol. The number of esters is 2. The topological polar surface area (TPSA) is 94.6 Å². The number of nitrogens with one attached hydrogen (secondary N) is 1. The molecule has 0 unspecified atom stereocenters. The standard InChI is InChI=1S/C16H22N2O5/c1-16(2,3)23-13(19)6-5-12(15(21)22-4)18-14(20)11-7-9-17-10-8-11/h7-10,12H,5-6H2,1-4H3,(H,18,20)/t12-/m1/s1. The fraction of sp³-hybridized carbons (Fsp3) is 0.500. The first kappa shape index (κ1) is 18.6. The van der Waals surface area contributed by atoms with Gasteiger partial charge in [0, 0.05) is 24.4 Å². The quantitative estimate of drug-likeness (QED) is 0.797. The van der Waals surface area contributed by atoms with Crippen molar-refractivity contribution in [2.75, 3.05) is 7.11 Å². The molecule has 0 aliphatic carbocycles. The lowest BCUT2D eigenvalue weighted by Gasteiger charge is -2.21. The van der Waals surface area contributed by atoms with Gasteiger partial charge in [-0.25, -0.2) is 4.79 Å². The molecule has 0 bridgehead atoms. The highest BCUT2D eigenvalue weighted by Gasteiger charge is 2.24. The van der Waals surface area contributed by atoms with Gasteiger partial charge in [-0.05, 0) is 39.3 Å². The van der Waals surface area contributed by atoms with E-state index >= 15 is 0 Å². The van der Waals surface area contributed by atoms with Crippen LogP contribution in [0.5, 0.6) is 0 Å². The molecular formula is C16H22N2O5. The molecule has 0 aliphatic heterocycles. The molecule has 1 aromatic rings. The molecule has 7 heteroatoms. The van der Waals surface area contributed by atoms with E-state index in [1.54, 1.807) is 20.8 Å². The predicted octanol–water partition coefficient (Wildman–Crippen LogP) is 1.47. The number of hydrogen-bond acceptors (Lipinski definition) is 6. The Balaban J connectivity index is 2.65. The smallest absolute Gasteiger partial charge is 0.328 e. The summed E-state index contributed by atoms with van der Waals surface area (Å²) in [6, 6.07) is 2.13. The Morgan fingerprint density at radius 1 is 1.22 bits per heavy atom. The van der Waals surface area contributed by atoms with Gasteiger partial charge in [0.1, 0.15) is 11.6 Å². The maximum absolute atomic E-state index is 12.1. The number of aromatic nitrogens is 1. The van der Waals surface area contributed by atoms with E-state index in [-0.39, 0.29) is 12.8 Å². The van der Waals surface area contributed by atoms with E-state index in [1.807, 2.05) is 0 Å². The number of amides is 1. The summed E-state index contributed by atoms with van der Waals surface area (Å²) < 4.78 is 9.84. The minimum atomic E-state index is -0.923. The van der Waals surface area contributed by atoms with E-state index in [2.05, 4.69) is 15.0 Å². The third kappa shape index (κ3) is 6.90. The van der Waals surface area contributed by atoms with Gasteiger partial charge in [-0.2, -0.15) is 0 Å². The van der Waals surface area contributed by atoms with Crippen LogP contribution in [0.25, 0.3) is 0 Å². The first-order chi connectivity index (χ1) is 10.7. The number of carbonyl (C=O) groups excluding carboxylic acids is 3. The second-order valence-corrected chi connectivity index (χ2v) is 5.91. The van der Waals surface area contributed by atoms with Crippen LogP contribution in [0.4, 0.5) is 0 Å². The molecule has 7 nitrogen and oxygen atoms in total. The number of methoxy groups -OCH3 is 1. The van der Waals surface area contributed by atoms with E-state index in [9.17, 15) is 14.4 Å². The van der Waals surface area contributed by atoms with Crippen LogP contribution in [-0.4, -0.2) is 41.6 Å². The number of ether oxygens (including phenoxy) is 2. The molecule has 0 radical (unpaired) electrons. The third-order valence-electron chi connectivity index (χ3n) is 2.79. The normalized spacial score (nSPS) is 12.2. The Hall–Kier alpha value is -2.44. The van der Waals surface area contributed by atoms with Crippen molar-refractivity contribution in [2.24, 2.45) is 0 Å². The molecule has 0 aliphatic rings. The SMILES string of the molecule is COC(=O)[C@@H](CCC(=O)OC(C)(C)C)NC(=O)c1ccncc1. The molecule has 0 spiro atoms. The molecule has 1 rings (SSSR count). The van der Waals surface area contributed by atoms with Gasteiger partial charge < -0.3 is 14.8 Å². The van der Waals surface area contributed by atoms with Crippen molar-refractivity contribution in [2.45, 2.75) is 45.3 Å². The Kier molecular flexibility index (Phi) is 6.68. The molecule has 1 atom stereocenters. The van der Waals surface area contributed by atoms with Crippen LogP contribution >= 0.6 is 0 Å². The van der Waals surface area contributed by atoms with E-state index in [1.165, 1.54) is 31.6 Å². The van der Waals surface area contributed by atoms with Gasteiger partial charge >= 0.3 is 11.9 Å². The van der Waals surface area contributed by atoms with E-state index < -0.39 is 29.5 Å². The molecule has 1 N–H and O–H groups in total. The maximum atomic E-state index is 12.1. The van der Waals surface area contributed by atoms with Gasteiger partial charge in [0.15, 0.2) is 0 Å². The second kappa shape index (κ2) is 8.26. The molecule has 1 amide bonds. The van der Waals surface area contributed by atoms with Crippen molar-refractivity contribution in [1.29, 1.82) is 0 Å². The molecule has 0 fully saturated rings. The summed E-state index contributed by atoms with van der Waals surface area (Å²) in [4.78, 5) is 39.4. The van der Waals surface area contributed by atoms with Crippen LogP contribution in [0.15, 0.2) is 24.5 Å². The fourth-order valence-electron chi connectivity index (χ4n) is 1.79. The van der Waals surface area contributed by atoms with Crippen LogP contribution in [0, 0.1) is 0 Å². The van der Waals surface area contributed by atoms with Crippen LogP contribution < -0.4 is 5.32 Å². The summed E-state index contributed by atoms with van der Waals surface area (Å²) in [5.41, 5.74) is -0.232. The van der Waals surface area contributed by atoms with Crippen LogP contribution in [0.1, 0.15) is 44.0 Å². The van der Waals surface area contributed by atoms with Gasteiger partial charge in [-0.1, -0.05) is 0 Å². The van der Waals surface area contributed by atoms with Crippen LogP contribution in [-0.2, 0) is 19.1 Å². The lowest BCUT2D eigenvalue weighted by molar-refractivity contribution is -0.155. The summed E-state index contributed by atoms with van der Waals surface area (Å²) in [6.07, 6.45) is 3.04. The van der Waals surface area contributed by atoms with Crippen molar-refractivity contribution in [3.63, 3.8) is 0 Å². The maximum Gasteiger partial charge on any atom is 0.328 e. The minimum Gasteiger partial charge on any atom is -0.467 e. The summed E-state index contributed by atoms with van der Waals surface area (Å²) in [7, 11) is 1.22. The van der Waals surface area contributed by atoms with E-state index in [4.69, 9.17) is 4.74 Å². The average molecular weight is 322 g/mol. The van der Waals surface area contributed by atoms with Crippen molar-refractivity contribution in [1.82, 2.24) is 10.3 Å². The van der Waals surface area contributed by atoms with Crippen molar-refractivity contribution >= 4 is 17.8 Å². The zero-order chi connectivity index (χ0) is 17.5. The summed E-state index contributed by atoms with van der Waals surface area (Å²) in [6.45, 7) is 5.27. The molecule has 23 heavy (non-hydrogen) atoms. The number of rotatable bonds is 6. The molecule has 126 valence electrons. The fourth-order valence-corrected chi connectivity index (χ4v) is 1.79. The molecule has 0 aromatic carbocycles. The van der Waals surface area contributed by atoms with Gasteiger partial charge in [0.25, 0.3) is 5.91 Å². The second-order valence-electron chi connectivity index (χ2n) is 5.91. The van der Waals surface area contributed by atoms with Crippen molar-refractivity contribution in [3.05, 3.63) is 30.1 Å². The van der Waals surface area contributed by atoms with Gasteiger partial charge in [0.2, 0.25) is 0 Å². The number of pyridine rings is 1. The Morgan fingerprint density at radius 2 is 1.83 bits per heavy atom. The lowest BCUT2D eigenvalue weighted by atomic mass is 10.1. The summed E-state index contributed by atoms with van der Waals surface area (Å²) in [5, 5.41) is 2.55. The number of carbonyl (C=O) groups is 3. The third-order valence-corrected chi connectivity index (χ3v) is 2.79. The van der Waals surface area contributed by atoms with Gasteiger partial charge in [-0.15, -0.1) is 0 Å². The molecule has 1 aromatic heterocycles. The largest absolute Gasteiger partial charge is 0.467 e. The Bertz CT molecular complexity index is 551. The highest BCUT2D eigenvalue weighted by atomic mass is 16.6. The zero-order valence-electron chi connectivity index (χ0n) is 13.8. The van der Waals surface area contributed by atoms with Gasteiger partial charge in [0.05, 0.1) is 7.11 Å². The first-order valence-electron chi connectivity index (χ1n) is 7.23. The minimum absolute atomic E-state index is 0.00629. The van der Waals surface area contributed by atoms with Gasteiger partial charge in [-0.3, -0.25) is 14.6 Å². The molecule has 0 saturated heterocycles. The highest BCUT2D eigenvalue weighted by molar-refractivity contribution is 5.96. The number of nitrogens with zero attached hydrogens (tertiary/aromatic N) is 1. The Labute approximate surface area is 135 Å². The van der Waals surface area contributed by atoms with Crippen LogP contribution in [0.3, 0.4) is 0 Å². The van der Waals surface area contributed by atoms with E-state index in [0.717, 1.165) is 0 Å². The first-order valence-corrected chi connectivity index (χ1v) is 7.23. The summed E-state index contributed by atoms with van der Waals surface area (Å²) >= 11 is 0. The van der Waals surface area contributed by atoms with E-state index in [0.29, 0.717) is 5.56 Å². The zero-order valence-corrected chi connectivity index (χ0v) is 13.8. The highest BCUT2D eigenvalue weighted by Crippen LogP contribution is 2.11. The predicted molar refractivity (Wildman–Crippen MR) is 82.6 cm³/mol. The van der Waals surface area contributed by atoms with Crippen molar-refractivity contribution < 1.29 is 23.9 Å². The lowest BCUT2D eigenvalue weighted by Crippen LogP contribution is -2.42. The van der Waals surface area contributed by atoms with Crippen molar-refractivity contribution in [3.8, 4) is 0 Å². The molecule has 1 heterocycles. The monoisotopic (exact) mass is 322 g/mol. The van der Waals surface area contributed by atoms with Crippen LogP contribution in [0.2, 0.25) is 0 Å². The number of hydrogen-bond donors (Lipinski definition) is 1. The average Bonchev–Trinajstić information content (AvgIpc) is 2.49. The summed E-state index contributed by atoms with van der Waals surface area (Å²) in [5.74, 6) is -1.49.